The van der Waals surface area contributed by atoms with Gasteiger partial charge in [0.05, 0.1) is 10.6 Å². The highest BCUT2D eigenvalue weighted by molar-refractivity contribution is 7.92. The van der Waals surface area contributed by atoms with Gasteiger partial charge in [-0.2, -0.15) is 0 Å². The average molecular weight is 410 g/mol. The molecule has 1 unspecified atom stereocenters. The van der Waals surface area contributed by atoms with Crippen LogP contribution in [0.3, 0.4) is 0 Å². The molecule has 3 aromatic rings. The van der Waals surface area contributed by atoms with Crippen LogP contribution in [-0.2, 0) is 16.4 Å². The molecule has 1 aromatic heterocycles. The molecule has 3 rings (SSSR count). The van der Waals surface area contributed by atoms with E-state index >= 15 is 0 Å². The number of hydrogen-bond donors (Lipinski definition) is 2. The fourth-order valence-corrected chi connectivity index (χ4v) is 3.89. The Bertz CT molecular complexity index is 1040. The summed E-state index contributed by atoms with van der Waals surface area (Å²) in [4.78, 5) is 16.4. The van der Waals surface area contributed by atoms with Gasteiger partial charge >= 0.3 is 0 Å². The minimum atomic E-state index is -3.73. The van der Waals surface area contributed by atoms with E-state index in [0.717, 1.165) is 12.8 Å². The molecule has 150 valence electrons. The van der Waals surface area contributed by atoms with E-state index < -0.39 is 10.0 Å². The van der Waals surface area contributed by atoms with E-state index in [-0.39, 0.29) is 16.8 Å². The number of carbonyl (C=O) groups is 1. The third-order valence-electron chi connectivity index (χ3n) is 4.45. The number of pyridine rings is 1. The number of carbonyl (C=O) groups excluding carboxylic acids is 1. The van der Waals surface area contributed by atoms with Gasteiger partial charge in [0.1, 0.15) is 0 Å². The zero-order valence-corrected chi connectivity index (χ0v) is 16.9. The molecule has 0 saturated heterocycles. The van der Waals surface area contributed by atoms with Crippen molar-refractivity contribution in [1.29, 1.82) is 0 Å². The number of nitrogens with zero attached hydrogens (tertiary/aromatic N) is 1. The predicted molar refractivity (Wildman–Crippen MR) is 113 cm³/mol. The van der Waals surface area contributed by atoms with Gasteiger partial charge in [-0.15, -0.1) is 0 Å². The van der Waals surface area contributed by atoms with Crippen LogP contribution in [0.2, 0.25) is 0 Å². The van der Waals surface area contributed by atoms with Crippen molar-refractivity contribution in [2.75, 3.05) is 4.72 Å². The van der Waals surface area contributed by atoms with Crippen LogP contribution in [0.25, 0.3) is 0 Å². The second-order valence-electron chi connectivity index (χ2n) is 6.76. The van der Waals surface area contributed by atoms with Crippen LogP contribution in [0.15, 0.2) is 84.0 Å². The van der Waals surface area contributed by atoms with Crippen LogP contribution in [0.1, 0.15) is 29.3 Å². The van der Waals surface area contributed by atoms with Crippen molar-refractivity contribution in [2.45, 2.75) is 30.7 Å². The van der Waals surface area contributed by atoms with Crippen molar-refractivity contribution in [3.63, 3.8) is 0 Å². The largest absolute Gasteiger partial charge is 0.350 e. The number of anilines is 1. The van der Waals surface area contributed by atoms with Gasteiger partial charge in [0.15, 0.2) is 0 Å². The molecule has 0 bridgehead atoms. The van der Waals surface area contributed by atoms with Gasteiger partial charge in [0.2, 0.25) is 0 Å². The Labute approximate surface area is 171 Å². The van der Waals surface area contributed by atoms with Gasteiger partial charge < -0.3 is 5.32 Å². The number of amides is 1. The fraction of sp³-hybridized carbons (Fsp3) is 0.182. The fourth-order valence-electron chi connectivity index (χ4n) is 2.83. The van der Waals surface area contributed by atoms with E-state index in [2.05, 4.69) is 27.2 Å². The number of benzene rings is 2. The number of aryl methyl sites for hydroxylation is 1. The lowest BCUT2D eigenvalue weighted by atomic mass is 10.1. The quantitative estimate of drug-likeness (QED) is 0.595. The van der Waals surface area contributed by atoms with Gasteiger partial charge in [-0.05, 0) is 61.7 Å². The Morgan fingerprint density at radius 2 is 1.62 bits per heavy atom. The number of sulfonamides is 1. The summed E-state index contributed by atoms with van der Waals surface area (Å²) < 4.78 is 27.4. The summed E-state index contributed by atoms with van der Waals surface area (Å²) in [5.41, 5.74) is 2.07. The van der Waals surface area contributed by atoms with E-state index in [0.29, 0.717) is 11.3 Å². The number of aromatic nitrogens is 1. The SMILES string of the molecule is CC(CCc1ccccc1)NC(=O)c1ccc(S(=O)(=O)Nc2ccncc2)cc1. The average Bonchev–Trinajstić information content (AvgIpc) is 2.73. The lowest BCUT2D eigenvalue weighted by Gasteiger charge is -2.14. The summed E-state index contributed by atoms with van der Waals surface area (Å²) in [5.74, 6) is -0.225. The van der Waals surface area contributed by atoms with Gasteiger partial charge in [0.25, 0.3) is 15.9 Å². The second kappa shape index (κ2) is 9.34. The van der Waals surface area contributed by atoms with E-state index in [1.807, 2.05) is 25.1 Å². The van der Waals surface area contributed by atoms with Crippen LogP contribution in [0.4, 0.5) is 5.69 Å². The number of hydrogen-bond acceptors (Lipinski definition) is 4. The van der Waals surface area contributed by atoms with E-state index in [1.165, 1.54) is 42.2 Å². The maximum Gasteiger partial charge on any atom is 0.261 e. The first-order valence-electron chi connectivity index (χ1n) is 9.32. The molecule has 0 aliphatic heterocycles. The summed E-state index contributed by atoms with van der Waals surface area (Å²) in [6.45, 7) is 1.96. The number of nitrogens with one attached hydrogen (secondary N) is 2. The van der Waals surface area contributed by atoms with Crippen LogP contribution in [0, 0.1) is 0 Å². The first-order valence-corrected chi connectivity index (χ1v) is 10.8. The molecule has 1 amide bonds. The lowest BCUT2D eigenvalue weighted by molar-refractivity contribution is 0.0938. The second-order valence-corrected chi connectivity index (χ2v) is 8.45. The van der Waals surface area contributed by atoms with Crippen molar-refractivity contribution in [2.24, 2.45) is 0 Å². The van der Waals surface area contributed by atoms with Crippen LogP contribution in [0.5, 0.6) is 0 Å². The van der Waals surface area contributed by atoms with E-state index in [4.69, 9.17) is 0 Å². The predicted octanol–water partition coefficient (Wildman–Crippen LogP) is 3.63. The summed E-state index contributed by atoms with van der Waals surface area (Å²) in [7, 11) is -3.73. The Morgan fingerprint density at radius 3 is 2.28 bits per heavy atom. The highest BCUT2D eigenvalue weighted by Gasteiger charge is 2.16. The normalized spacial score (nSPS) is 12.2. The van der Waals surface area contributed by atoms with Crippen molar-refractivity contribution in [1.82, 2.24) is 10.3 Å². The molecule has 1 heterocycles. The molecule has 0 fully saturated rings. The summed E-state index contributed by atoms with van der Waals surface area (Å²) in [6.07, 6.45) is 4.70. The molecule has 6 nitrogen and oxygen atoms in total. The van der Waals surface area contributed by atoms with Crippen molar-refractivity contribution >= 4 is 21.6 Å². The summed E-state index contributed by atoms with van der Waals surface area (Å²) >= 11 is 0. The first kappa shape index (κ1) is 20.5. The third kappa shape index (κ3) is 5.89. The van der Waals surface area contributed by atoms with Gasteiger partial charge in [-0.3, -0.25) is 14.5 Å². The smallest absolute Gasteiger partial charge is 0.261 e. The molecule has 0 aliphatic carbocycles. The highest BCUT2D eigenvalue weighted by atomic mass is 32.2. The minimum absolute atomic E-state index is 0.000489. The molecule has 0 saturated carbocycles. The molecule has 0 spiro atoms. The molecule has 1 atom stereocenters. The molecule has 0 radical (unpaired) electrons. The van der Waals surface area contributed by atoms with Crippen LogP contribution < -0.4 is 10.0 Å². The maximum atomic E-state index is 12.4. The summed E-state index contributed by atoms with van der Waals surface area (Å²) in [5, 5.41) is 2.95. The highest BCUT2D eigenvalue weighted by Crippen LogP contribution is 2.16. The lowest BCUT2D eigenvalue weighted by Crippen LogP contribution is -2.32. The van der Waals surface area contributed by atoms with E-state index in [9.17, 15) is 13.2 Å². The van der Waals surface area contributed by atoms with Gasteiger partial charge in [-0.25, -0.2) is 8.42 Å². The van der Waals surface area contributed by atoms with Gasteiger partial charge in [-0.1, -0.05) is 30.3 Å². The first-order chi connectivity index (χ1) is 13.9. The van der Waals surface area contributed by atoms with Crippen molar-refractivity contribution in [3.05, 3.63) is 90.3 Å². The molecular weight excluding hydrogens is 386 g/mol. The topological polar surface area (TPSA) is 88.2 Å². The maximum absolute atomic E-state index is 12.4. The molecule has 2 N–H and O–H groups in total. The zero-order chi connectivity index (χ0) is 20.7. The van der Waals surface area contributed by atoms with Crippen molar-refractivity contribution < 1.29 is 13.2 Å². The minimum Gasteiger partial charge on any atom is -0.350 e. The Balaban J connectivity index is 1.58. The van der Waals surface area contributed by atoms with Crippen molar-refractivity contribution in [3.8, 4) is 0 Å². The molecule has 0 aliphatic rings. The molecular formula is C22H23N3O3S. The summed E-state index contributed by atoms with van der Waals surface area (Å²) in [6, 6.07) is 19.1. The van der Waals surface area contributed by atoms with Gasteiger partial charge in [0, 0.05) is 24.0 Å². The Morgan fingerprint density at radius 1 is 0.966 bits per heavy atom. The Hall–Kier alpha value is -3.19. The Kier molecular flexibility index (Phi) is 6.61. The molecule has 2 aromatic carbocycles. The molecule has 7 heteroatoms. The third-order valence-corrected chi connectivity index (χ3v) is 5.84. The van der Waals surface area contributed by atoms with E-state index in [1.54, 1.807) is 12.1 Å². The number of rotatable bonds is 8. The molecule has 29 heavy (non-hydrogen) atoms. The monoisotopic (exact) mass is 409 g/mol. The van der Waals surface area contributed by atoms with Crippen LogP contribution in [-0.4, -0.2) is 25.4 Å². The van der Waals surface area contributed by atoms with Crippen LogP contribution >= 0.6 is 0 Å². The standard InChI is InChI=1S/C22H23N3O3S/c1-17(7-8-18-5-3-2-4-6-18)24-22(26)19-9-11-21(12-10-19)29(27,28)25-20-13-15-23-16-14-20/h2-6,9-17H,7-8H2,1H3,(H,23,25)(H,24,26). The zero-order valence-electron chi connectivity index (χ0n) is 16.1.